The third-order valence-corrected chi connectivity index (χ3v) is 17.4. The van der Waals surface area contributed by atoms with Crippen molar-refractivity contribution < 1.29 is 0 Å². The quantitative estimate of drug-likeness (QED) is 0.616. The molecule has 0 atom stereocenters. The van der Waals surface area contributed by atoms with E-state index in [-0.39, 0.29) is 0 Å². The van der Waals surface area contributed by atoms with E-state index in [1.54, 1.807) is 0 Å². The molecule has 0 saturated heterocycles. The van der Waals surface area contributed by atoms with Crippen LogP contribution in [0.1, 0.15) is 54.9 Å². The second kappa shape index (κ2) is 5.01. The minimum absolute atomic E-state index is 0.394. The number of hydrogen-bond acceptors (Lipinski definition) is 1. The Kier molecular flexibility index (Phi) is 5.43. The van der Waals surface area contributed by atoms with Crippen molar-refractivity contribution >= 4 is 25.9 Å². The van der Waals surface area contributed by atoms with Crippen LogP contribution >= 0.6 is 4.64 Å². The van der Waals surface area contributed by atoms with E-state index in [0.717, 1.165) is 6.54 Å². The maximum atomic E-state index is 3.84. The maximum absolute atomic E-state index is 3.84. The van der Waals surface area contributed by atoms with E-state index in [9.17, 15) is 0 Å². The molecule has 0 fully saturated rings. The molecule has 0 amide bonds. The SMILES string of the molecule is CCCNP(=[Te])(C(C)(C)C)C(C)(C)C. The van der Waals surface area contributed by atoms with Gasteiger partial charge in [0.05, 0.1) is 0 Å². The molecule has 86 valence electrons. The molecule has 0 unspecified atom stereocenters. The van der Waals surface area contributed by atoms with Gasteiger partial charge in [0.1, 0.15) is 0 Å². The minimum atomic E-state index is -1.09. The Balaban J connectivity index is 4.99. The van der Waals surface area contributed by atoms with Gasteiger partial charge >= 0.3 is 103 Å². The Morgan fingerprint density at radius 3 is 1.57 bits per heavy atom. The molecule has 0 spiro atoms. The van der Waals surface area contributed by atoms with Crippen LogP contribution in [-0.4, -0.2) is 38.1 Å². The summed E-state index contributed by atoms with van der Waals surface area (Å²) in [5, 5.41) is 4.63. The molecule has 0 bridgehead atoms. The summed E-state index contributed by atoms with van der Waals surface area (Å²) in [6.45, 7) is 17.6. The molecule has 0 aliphatic carbocycles. The van der Waals surface area contributed by atoms with E-state index < -0.39 is 4.64 Å². The molecule has 1 nitrogen and oxygen atoms in total. The molecular formula is C11H26NPTe. The van der Waals surface area contributed by atoms with Gasteiger partial charge in [-0.05, 0) is 0 Å². The van der Waals surface area contributed by atoms with Crippen LogP contribution in [0.3, 0.4) is 0 Å². The van der Waals surface area contributed by atoms with Gasteiger partial charge in [0.15, 0.2) is 0 Å². The first-order valence-electron chi connectivity index (χ1n) is 5.41. The van der Waals surface area contributed by atoms with Crippen LogP contribution in [0.4, 0.5) is 0 Å². The molecule has 0 radical (unpaired) electrons. The summed E-state index contributed by atoms with van der Waals surface area (Å²) in [7, 11) is 0. The topological polar surface area (TPSA) is 12.0 Å². The van der Waals surface area contributed by atoms with Crippen molar-refractivity contribution in [3.05, 3.63) is 0 Å². The molecule has 0 rings (SSSR count). The molecule has 0 aliphatic rings. The normalized spacial score (nSPS) is 14.5. The Labute approximate surface area is 102 Å². The first kappa shape index (κ1) is 15.2. The average Bonchev–Trinajstić information content (AvgIpc) is 1.95. The van der Waals surface area contributed by atoms with Gasteiger partial charge in [-0.3, -0.25) is 0 Å². The van der Waals surface area contributed by atoms with Crippen LogP contribution in [-0.2, 0) is 0 Å². The Morgan fingerprint density at radius 2 is 1.36 bits per heavy atom. The van der Waals surface area contributed by atoms with Gasteiger partial charge in [0.2, 0.25) is 0 Å². The monoisotopic (exact) mass is 333 g/mol. The van der Waals surface area contributed by atoms with Crippen LogP contribution in [0, 0.1) is 0 Å². The molecule has 1 N–H and O–H groups in total. The van der Waals surface area contributed by atoms with E-state index in [0.29, 0.717) is 10.3 Å². The van der Waals surface area contributed by atoms with Crippen LogP contribution in [0.25, 0.3) is 0 Å². The summed E-state index contributed by atoms with van der Waals surface area (Å²) >= 11 is 2.38. The van der Waals surface area contributed by atoms with E-state index >= 15 is 0 Å². The Morgan fingerprint density at radius 1 is 1.00 bits per heavy atom. The van der Waals surface area contributed by atoms with Gasteiger partial charge in [-0.25, -0.2) is 0 Å². The number of hydrogen-bond donors (Lipinski definition) is 1. The summed E-state index contributed by atoms with van der Waals surface area (Å²) in [4.78, 5) is 0. The van der Waals surface area contributed by atoms with E-state index in [2.05, 4.69) is 74.8 Å². The summed E-state index contributed by atoms with van der Waals surface area (Å²) < 4.78 is -1.09. The fraction of sp³-hybridized carbons (Fsp3) is 1.00. The standard InChI is InChI=1S/C11H26NPTe/c1-8-9-12-13(14,10(2,3)4)11(5,6)7/h8-9H2,1-7H3,(H,12,14). The van der Waals surface area contributed by atoms with Crippen molar-refractivity contribution in [1.82, 2.24) is 5.09 Å². The van der Waals surface area contributed by atoms with Crippen LogP contribution in [0.5, 0.6) is 0 Å². The molecule has 0 aromatic heterocycles. The first-order valence-corrected chi connectivity index (χ1v) is 10.2. The number of nitrogens with one attached hydrogen (secondary N) is 1. The van der Waals surface area contributed by atoms with Crippen molar-refractivity contribution in [1.29, 1.82) is 0 Å². The molecular weight excluding hydrogens is 305 g/mol. The van der Waals surface area contributed by atoms with E-state index in [4.69, 9.17) is 0 Å². The molecule has 14 heavy (non-hydrogen) atoms. The van der Waals surface area contributed by atoms with Crippen molar-refractivity contribution in [2.75, 3.05) is 6.54 Å². The van der Waals surface area contributed by atoms with Crippen LogP contribution < -0.4 is 5.09 Å². The van der Waals surface area contributed by atoms with Crippen molar-refractivity contribution in [2.45, 2.75) is 65.2 Å². The van der Waals surface area contributed by atoms with Gasteiger partial charge in [-0.1, -0.05) is 0 Å². The van der Waals surface area contributed by atoms with Gasteiger partial charge in [-0.2, -0.15) is 0 Å². The third kappa shape index (κ3) is 3.34. The molecule has 0 heterocycles. The van der Waals surface area contributed by atoms with Gasteiger partial charge < -0.3 is 0 Å². The summed E-state index contributed by atoms with van der Waals surface area (Å²) in [5.41, 5.74) is 0. The predicted molar refractivity (Wildman–Crippen MR) is 70.5 cm³/mol. The Bertz CT molecular complexity index is 204. The predicted octanol–water partition coefficient (Wildman–Crippen LogP) is 3.60. The fourth-order valence-electron chi connectivity index (χ4n) is 1.75. The number of rotatable bonds is 3. The second-order valence-electron chi connectivity index (χ2n) is 5.86. The van der Waals surface area contributed by atoms with Gasteiger partial charge in [-0.15, -0.1) is 0 Å². The third-order valence-electron chi connectivity index (χ3n) is 2.47. The van der Waals surface area contributed by atoms with E-state index in [1.807, 2.05) is 0 Å². The molecule has 0 aromatic carbocycles. The van der Waals surface area contributed by atoms with Gasteiger partial charge in [0.25, 0.3) is 0 Å². The van der Waals surface area contributed by atoms with Crippen molar-refractivity contribution in [3.63, 3.8) is 0 Å². The molecule has 0 saturated carbocycles. The van der Waals surface area contributed by atoms with Crippen molar-refractivity contribution in [3.8, 4) is 0 Å². The Hall–Kier alpha value is 1.18. The summed E-state index contributed by atoms with van der Waals surface area (Å²) in [6, 6.07) is 0. The first-order chi connectivity index (χ1) is 6.06. The molecule has 0 aromatic rings. The van der Waals surface area contributed by atoms with E-state index in [1.165, 1.54) is 6.42 Å². The second-order valence-corrected chi connectivity index (χ2v) is 14.8. The fourth-order valence-corrected chi connectivity index (χ4v) is 6.03. The van der Waals surface area contributed by atoms with Crippen LogP contribution in [0.2, 0.25) is 0 Å². The van der Waals surface area contributed by atoms with Crippen molar-refractivity contribution in [2.24, 2.45) is 0 Å². The zero-order valence-corrected chi connectivity index (χ0v) is 14.0. The summed E-state index contributed by atoms with van der Waals surface area (Å²) in [6.07, 6.45) is 1.23. The zero-order chi connectivity index (χ0) is 11.6. The van der Waals surface area contributed by atoms with Gasteiger partial charge in [0, 0.05) is 0 Å². The summed E-state index contributed by atoms with van der Waals surface area (Å²) in [5.74, 6) is 0. The molecule has 0 aliphatic heterocycles. The van der Waals surface area contributed by atoms with Crippen LogP contribution in [0.15, 0.2) is 0 Å². The zero-order valence-electron chi connectivity index (χ0n) is 10.8. The molecule has 3 heteroatoms. The average molecular weight is 331 g/mol.